The van der Waals surface area contributed by atoms with Crippen LogP contribution in [0.1, 0.15) is 31.4 Å². The minimum Gasteiger partial charge on any atom is -0.370 e. The summed E-state index contributed by atoms with van der Waals surface area (Å²) in [5, 5.41) is 3.47. The molecule has 0 aromatic heterocycles. The van der Waals surface area contributed by atoms with Gasteiger partial charge >= 0.3 is 0 Å². The van der Waals surface area contributed by atoms with Gasteiger partial charge in [0.25, 0.3) is 0 Å². The molecule has 0 spiro atoms. The Balaban J connectivity index is 2.16. The van der Waals surface area contributed by atoms with Crippen LogP contribution in [0.5, 0.6) is 0 Å². The van der Waals surface area contributed by atoms with Crippen LogP contribution >= 0.6 is 0 Å². The predicted octanol–water partition coefficient (Wildman–Crippen LogP) is 1.80. The van der Waals surface area contributed by atoms with E-state index in [0.717, 1.165) is 26.1 Å². The van der Waals surface area contributed by atoms with Crippen LogP contribution in [-0.4, -0.2) is 25.0 Å². The quantitative estimate of drug-likeness (QED) is 0.861. The minimum atomic E-state index is -0.179. The van der Waals surface area contributed by atoms with Crippen LogP contribution in [0.3, 0.4) is 0 Å². The van der Waals surface area contributed by atoms with Gasteiger partial charge in [0.1, 0.15) is 0 Å². The van der Waals surface area contributed by atoms with Crippen LogP contribution in [0.25, 0.3) is 0 Å². The zero-order valence-electron chi connectivity index (χ0n) is 12.6. The van der Waals surface area contributed by atoms with Crippen molar-refractivity contribution in [3.63, 3.8) is 0 Å². The van der Waals surface area contributed by atoms with E-state index in [9.17, 15) is 4.79 Å². The Morgan fingerprint density at radius 3 is 2.85 bits per heavy atom. The normalized spacial score (nSPS) is 18.8. The molecule has 1 unspecified atom stereocenters. The number of hydrogen-bond donors (Lipinski definition) is 2. The number of nitrogens with two attached hydrogens (primary N) is 1. The Morgan fingerprint density at radius 2 is 2.25 bits per heavy atom. The van der Waals surface area contributed by atoms with E-state index in [2.05, 4.69) is 49.2 Å². The molecule has 0 saturated carbocycles. The maximum absolute atomic E-state index is 11.3. The average molecular weight is 275 g/mol. The van der Waals surface area contributed by atoms with Gasteiger partial charge < -0.3 is 16.0 Å². The molecule has 1 aliphatic rings. The number of amides is 1. The lowest BCUT2D eigenvalue weighted by atomic mass is 10.1. The van der Waals surface area contributed by atoms with Gasteiger partial charge in [-0.15, -0.1) is 0 Å². The zero-order valence-corrected chi connectivity index (χ0v) is 12.6. The summed E-state index contributed by atoms with van der Waals surface area (Å²) in [5.74, 6) is -0.191. The van der Waals surface area contributed by atoms with Crippen molar-refractivity contribution in [3.8, 4) is 0 Å². The van der Waals surface area contributed by atoms with E-state index in [0.29, 0.717) is 6.04 Å². The highest BCUT2D eigenvalue weighted by Crippen LogP contribution is 2.28. The molecular formula is C16H25N3O. The van der Waals surface area contributed by atoms with Crippen LogP contribution in [0.4, 0.5) is 5.69 Å². The van der Waals surface area contributed by atoms with Gasteiger partial charge in [0.05, 0.1) is 5.92 Å². The van der Waals surface area contributed by atoms with Gasteiger partial charge in [-0.2, -0.15) is 0 Å². The lowest BCUT2D eigenvalue weighted by Crippen LogP contribution is -2.29. The smallest absolute Gasteiger partial charge is 0.222 e. The summed E-state index contributed by atoms with van der Waals surface area (Å²) >= 11 is 0. The molecule has 20 heavy (non-hydrogen) atoms. The molecule has 1 aliphatic heterocycles. The Labute approximate surface area is 121 Å². The number of primary amides is 1. The Bertz CT molecular complexity index is 485. The first-order valence-corrected chi connectivity index (χ1v) is 7.34. The first kappa shape index (κ1) is 14.9. The topological polar surface area (TPSA) is 58.4 Å². The van der Waals surface area contributed by atoms with Gasteiger partial charge in [-0.1, -0.05) is 31.5 Å². The maximum atomic E-state index is 11.3. The summed E-state index contributed by atoms with van der Waals surface area (Å²) in [6.07, 6.45) is 0.861. The number of nitrogens with one attached hydrogen (secondary N) is 1. The van der Waals surface area contributed by atoms with Crippen LogP contribution in [0, 0.1) is 12.8 Å². The maximum Gasteiger partial charge on any atom is 0.222 e. The van der Waals surface area contributed by atoms with E-state index in [1.165, 1.54) is 16.8 Å². The monoisotopic (exact) mass is 275 g/mol. The molecule has 110 valence electrons. The molecular weight excluding hydrogens is 250 g/mol. The number of anilines is 1. The number of hydrogen-bond acceptors (Lipinski definition) is 3. The third-order valence-corrected chi connectivity index (χ3v) is 3.87. The molecule has 1 saturated heterocycles. The Kier molecular flexibility index (Phi) is 4.65. The fourth-order valence-electron chi connectivity index (χ4n) is 2.69. The Hall–Kier alpha value is -1.55. The van der Waals surface area contributed by atoms with E-state index >= 15 is 0 Å². The third kappa shape index (κ3) is 3.51. The highest BCUT2D eigenvalue weighted by Gasteiger charge is 2.27. The molecule has 1 aromatic carbocycles. The number of rotatable bonds is 5. The lowest BCUT2D eigenvalue weighted by molar-refractivity contribution is -0.121. The van der Waals surface area contributed by atoms with E-state index in [4.69, 9.17) is 5.73 Å². The molecule has 0 aliphatic carbocycles. The predicted molar refractivity (Wildman–Crippen MR) is 82.7 cm³/mol. The summed E-state index contributed by atoms with van der Waals surface area (Å²) in [6, 6.07) is 6.98. The number of carbonyl (C=O) groups is 1. The minimum absolute atomic E-state index is 0.0118. The fraction of sp³-hybridized carbons (Fsp3) is 0.562. The second-order valence-electron chi connectivity index (χ2n) is 6.00. The molecule has 2 rings (SSSR count). The van der Waals surface area contributed by atoms with Gasteiger partial charge in [0.2, 0.25) is 5.91 Å². The summed E-state index contributed by atoms with van der Waals surface area (Å²) in [5.41, 5.74) is 9.21. The SMILES string of the molecule is Cc1ccc(N2CCC(C(N)=O)C2)c(CNC(C)C)c1. The molecule has 1 aromatic rings. The molecule has 4 heteroatoms. The number of benzene rings is 1. The van der Waals surface area contributed by atoms with Crippen molar-refractivity contribution in [2.24, 2.45) is 11.7 Å². The zero-order chi connectivity index (χ0) is 14.7. The third-order valence-electron chi connectivity index (χ3n) is 3.87. The second-order valence-corrected chi connectivity index (χ2v) is 6.00. The largest absolute Gasteiger partial charge is 0.370 e. The number of nitrogens with zero attached hydrogens (tertiary/aromatic N) is 1. The molecule has 1 fully saturated rings. The van der Waals surface area contributed by atoms with Gasteiger partial charge in [0.15, 0.2) is 0 Å². The van der Waals surface area contributed by atoms with Crippen molar-refractivity contribution in [1.82, 2.24) is 5.32 Å². The number of carbonyl (C=O) groups excluding carboxylic acids is 1. The van der Waals surface area contributed by atoms with Crippen LogP contribution in [0.15, 0.2) is 18.2 Å². The van der Waals surface area contributed by atoms with Gasteiger partial charge in [-0.25, -0.2) is 0 Å². The van der Waals surface area contributed by atoms with Crippen LogP contribution in [0.2, 0.25) is 0 Å². The Morgan fingerprint density at radius 1 is 1.50 bits per heavy atom. The summed E-state index contributed by atoms with van der Waals surface area (Å²) < 4.78 is 0. The summed E-state index contributed by atoms with van der Waals surface area (Å²) in [7, 11) is 0. The molecule has 1 heterocycles. The standard InChI is InChI=1S/C16H25N3O/c1-11(2)18-9-14-8-12(3)4-5-15(14)19-7-6-13(10-19)16(17)20/h4-5,8,11,13,18H,6-7,9-10H2,1-3H3,(H2,17,20). The van der Waals surface area contributed by atoms with Crippen molar-refractivity contribution >= 4 is 11.6 Å². The molecule has 1 amide bonds. The van der Waals surface area contributed by atoms with E-state index in [-0.39, 0.29) is 11.8 Å². The van der Waals surface area contributed by atoms with Crippen LogP contribution in [-0.2, 0) is 11.3 Å². The lowest BCUT2D eigenvalue weighted by Gasteiger charge is -2.23. The highest BCUT2D eigenvalue weighted by molar-refractivity contribution is 5.78. The average Bonchev–Trinajstić information content (AvgIpc) is 2.86. The van der Waals surface area contributed by atoms with Gasteiger partial charge in [-0.3, -0.25) is 4.79 Å². The first-order valence-electron chi connectivity index (χ1n) is 7.34. The van der Waals surface area contributed by atoms with E-state index in [1.54, 1.807) is 0 Å². The van der Waals surface area contributed by atoms with Crippen molar-refractivity contribution < 1.29 is 4.79 Å². The van der Waals surface area contributed by atoms with Gasteiger partial charge in [-0.05, 0) is 25.0 Å². The summed E-state index contributed by atoms with van der Waals surface area (Å²) in [4.78, 5) is 13.6. The second kappa shape index (κ2) is 6.27. The van der Waals surface area contributed by atoms with Crippen molar-refractivity contribution in [2.75, 3.05) is 18.0 Å². The van der Waals surface area contributed by atoms with Crippen LogP contribution < -0.4 is 16.0 Å². The van der Waals surface area contributed by atoms with Crippen molar-refractivity contribution in [1.29, 1.82) is 0 Å². The van der Waals surface area contributed by atoms with Gasteiger partial charge in [0, 0.05) is 31.4 Å². The highest BCUT2D eigenvalue weighted by atomic mass is 16.1. The molecule has 1 atom stereocenters. The van der Waals surface area contributed by atoms with Crippen molar-refractivity contribution in [3.05, 3.63) is 29.3 Å². The van der Waals surface area contributed by atoms with E-state index < -0.39 is 0 Å². The van der Waals surface area contributed by atoms with Crippen molar-refractivity contribution in [2.45, 2.75) is 39.8 Å². The molecule has 4 nitrogen and oxygen atoms in total. The number of aryl methyl sites for hydroxylation is 1. The first-order chi connectivity index (χ1) is 9.47. The molecule has 0 bridgehead atoms. The molecule has 0 radical (unpaired) electrons. The fourth-order valence-corrected chi connectivity index (χ4v) is 2.69. The summed E-state index contributed by atoms with van der Waals surface area (Å²) in [6.45, 7) is 8.91. The molecule has 3 N–H and O–H groups in total. The van der Waals surface area contributed by atoms with E-state index in [1.807, 2.05) is 0 Å².